The predicted octanol–water partition coefficient (Wildman–Crippen LogP) is 0.909. The molecule has 1 atom stereocenters. The molecular weight excluding hydrogens is 256 g/mol. The van der Waals surface area contributed by atoms with E-state index in [0.717, 1.165) is 38.8 Å². The van der Waals surface area contributed by atoms with Crippen LogP contribution in [0, 0.1) is 0 Å². The molecule has 0 aromatic rings. The number of hydrogen-bond acceptors (Lipinski definition) is 4. The lowest BCUT2D eigenvalue weighted by molar-refractivity contribution is -0.134. The van der Waals surface area contributed by atoms with Crippen LogP contribution in [0.25, 0.3) is 0 Å². The van der Waals surface area contributed by atoms with Gasteiger partial charge in [0.25, 0.3) is 0 Å². The summed E-state index contributed by atoms with van der Waals surface area (Å²) in [4.78, 5) is 14.5. The number of amides is 1. The van der Waals surface area contributed by atoms with Crippen molar-refractivity contribution in [2.75, 3.05) is 32.9 Å². The predicted molar refractivity (Wildman–Crippen MR) is 77.5 cm³/mol. The number of carbonyl (C=O) groups is 1. The van der Waals surface area contributed by atoms with E-state index in [1.54, 1.807) is 0 Å². The van der Waals surface area contributed by atoms with Crippen LogP contribution in [0.2, 0.25) is 0 Å². The smallest absolute Gasteiger partial charge is 0.239 e. The maximum atomic E-state index is 12.5. The van der Waals surface area contributed by atoms with Crippen LogP contribution in [0.1, 0.15) is 45.4 Å². The van der Waals surface area contributed by atoms with Crippen molar-refractivity contribution in [3.8, 4) is 0 Å². The van der Waals surface area contributed by atoms with Crippen LogP contribution in [0.3, 0.4) is 0 Å². The molecule has 0 radical (unpaired) electrons. The van der Waals surface area contributed by atoms with E-state index in [1.807, 2.05) is 11.8 Å². The molecule has 116 valence electrons. The van der Waals surface area contributed by atoms with Crippen molar-refractivity contribution in [3.05, 3.63) is 0 Å². The molecule has 2 fully saturated rings. The van der Waals surface area contributed by atoms with Gasteiger partial charge in [-0.1, -0.05) is 12.8 Å². The third kappa shape index (κ3) is 3.93. The normalized spacial score (nSPS) is 25.0. The lowest BCUT2D eigenvalue weighted by Gasteiger charge is -2.39. The second-order valence-electron chi connectivity index (χ2n) is 6.16. The zero-order chi connectivity index (χ0) is 14.4. The van der Waals surface area contributed by atoms with Crippen molar-refractivity contribution >= 4 is 5.91 Å². The number of nitrogens with one attached hydrogen (secondary N) is 1. The van der Waals surface area contributed by atoms with Crippen LogP contribution in [0.5, 0.6) is 0 Å². The molecule has 20 heavy (non-hydrogen) atoms. The van der Waals surface area contributed by atoms with Gasteiger partial charge >= 0.3 is 0 Å². The van der Waals surface area contributed by atoms with Crippen molar-refractivity contribution in [1.82, 2.24) is 10.2 Å². The van der Waals surface area contributed by atoms with Gasteiger partial charge in [0, 0.05) is 31.8 Å². The highest BCUT2D eigenvalue weighted by Gasteiger charge is 2.35. The summed E-state index contributed by atoms with van der Waals surface area (Å²) >= 11 is 0. The maximum absolute atomic E-state index is 12.5. The number of aliphatic hydroxyl groups excluding tert-OH is 1. The largest absolute Gasteiger partial charge is 0.394 e. The molecule has 0 aliphatic carbocycles. The average molecular weight is 284 g/mol. The van der Waals surface area contributed by atoms with Gasteiger partial charge in [0.05, 0.1) is 12.6 Å². The number of carbonyl (C=O) groups excluding carboxylic acids is 1. The van der Waals surface area contributed by atoms with E-state index in [4.69, 9.17) is 4.74 Å². The quantitative estimate of drug-likeness (QED) is 0.805. The van der Waals surface area contributed by atoms with Gasteiger partial charge in [-0.05, 0) is 32.6 Å². The average Bonchev–Trinajstić information content (AvgIpc) is 2.76. The SMILES string of the molecule is CC(NC1(CO)CCOCC1)C(=O)N1CCCCCC1. The van der Waals surface area contributed by atoms with Crippen molar-refractivity contribution in [1.29, 1.82) is 0 Å². The van der Waals surface area contributed by atoms with Crippen molar-refractivity contribution in [2.45, 2.75) is 57.0 Å². The Labute approximate surface area is 121 Å². The molecule has 0 aromatic heterocycles. The Balaban J connectivity index is 1.91. The van der Waals surface area contributed by atoms with Gasteiger partial charge in [0.2, 0.25) is 5.91 Å². The third-order valence-corrected chi connectivity index (χ3v) is 4.56. The van der Waals surface area contributed by atoms with E-state index >= 15 is 0 Å². The Morgan fingerprint density at radius 3 is 2.40 bits per heavy atom. The highest BCUT2D eigenvalue weighted by atomic mass is 16.5. The lowest BCUT2D eigenvalue weighted by Crippen LogP contribution is -2.59. The van der Waals surface area contributed by atoms with Crippen LogP contribution < -0.4 is 5.32 Å². The van der Waals surface area contributed by atoms with E-state index in [1.165, 1.54) is 12.8 Å². The van der Waals surface area contributed by atoms with Gasteiger partial charge in [0.15, 0.2) is 0 Å². The summed E-state index contributed by atoms with van der Waals surface area (Å²) < 4.78 is 5.36. The first-order valence-electron chi connectivity index (χ1n) is 7.92. The van der Waals surface area contributed by atoms with Crippen LogP contribution >= 0.6 is 0 Å². The number of nitrogens with zero attached hydrogens (tertiary/aromatic N) is 1. The third-order valence-electron chi connectivity index (χ3n) is 4.56. The highest BCUT2D eigenvalue weighted by Crippen LogP contribution is 2.21. The van der Waals surface area contributed by atoms with Gasteiger partial charge in [-0.15, -0.1) is 0 Å². The minimum absolute atomic E-state index is 0.0635. The maximum Gasteiger partial charge on any atom is 0.239 e. The standard InChI is InChI=1S/C15H28N2O3/c1-13(14(19)17-8-4-2-3-5-9-17)16-15(12-18)6-10-20-11-7-15/h13,16,18H,2-12H2,1H3. The molecule has 0 bridgehead atoms. The summed E-state index contributed by atoms with van der Waals surface area (Å²) in [5.74, 6) is 0.172. The molecule has 0 saturated carbocycles. The van der Waals surface area contributed by atoms with Crippen LogP contribution in [0.15, 0.2) is 0 Å². The Bertz CT molecular complexity index is 308. The summed E-state index contributed by atoms with van der Waals surface area (Å²) in [5.41, 5.74) is -0.348. The Hall–Kier alpha value is -0.650. The molecule has 1 amide bonds. The topological polar surface area (TPSA) is 61.8 Å². The first-order valence-corrected chi connectivity index (χ1v) is 7.92. The number of likely N-dealkylation sites (tertiary alicyclic amines) is 1. The molecular formula is C15H28N2O3. The van der Waals surface area contributed by atoms with Crippen molar-refractivity contribution < 1.29 is 14.6 Å². The molecule has 2 rings (SSSR count). The summed E-state index contributed by atoms with van der Waals surface area (Å²) in [6.45, 7) is 5.03. The monoisotopic (exact) mass is 284 g/mol. The van der Waals surface area contributed by atoms with Gasteiger partial charge < -0.3 is 14.7 Å². The molecule has 2 aliphatic rings. The van der Waals surface area contributed by atoms with Crippen molar-refractivity contribution in [2.24, 2.45) is 0 Å². The van der Waals surface area contributed by atoms with E-state index in [9.17, 15) is 9.90 Å². The van der Waals surface area contributed by atoms with Crippen LogP contribution in [-0.2, 0) is 9.53 Å². The van der Waals surface area contributed by atoms with E-state index in [2.05, 4.69) is 5.32 Å². The molecule has 2 N–H and O–H groups in total. The molecule has 5 nitrogen and oxygen atoms in total. The number of aliphatic hydroxyl groups is 1. The molecule has 1 unspecified atom stereocenters. The second-order valence-corrected chi connectivity index (χ2v) is 6.16. The van der Waals surface area contributed by atoms with Crippen molar-refractivity contribution in [3.63, 3.8) is 0 Å². The minimum atomic E-state index is -0.348. The number of hydrogen-bond donors (Lipinski definition) is 2. The van der Waals surface area contributed by atoms with Gasteiger partial charge in [0.1, 0.15) is 0 Å². The molecule has 5 heteroatoms. The van der Waals surface area contributed by atoms with Crippen LogP contribution in [0.4, 0.5) is 0 Å². The molecule has 2 heterocycles. The summed E-state index contributed by atoms with van der Waals surface area (Å²) in [6.07, 6.45) is 6.20. The fourth-order valence-electron chi connectivity index (χ4n) is 3.20. The Morgan fingerprint density at radius 2 is 1.85 bits per heavy atom. The molecule has 0 aromatic carbocycles. The first-order chi connectivity index (χ1) is 9.67. The van der Waals surface area contributed by atoms with Gasteiger partial charge in [-0.2, -0.15) is 0 Å². The zero-order valence-corrected chi connectivity index (χ0v) is 12.6. The summed E-state index contributed by atoms with van der Waals surface area (Å²) in [7, 11) is 0. The van der Waals surface area contributed by atoms with E-state index in [0.29, 0.717) is 13.2 Å². The lowest BCUT2D eigenvalue weighted by atomic mass is 9.90. The summed E-state index contributed by atoms with van der Waals surface area (Å²) in [5, 5.41) is 13.1. The fourth-order valence-corrected chi connectivity index (χ4v) is 3.20. The number of rotatable bonds is 4. The minimum Gasteiger partial charge on any atom is -0.394 e. The molecule has 2 saturated heterocycles. The first kappa shape index (κ1) is 15.7. The Morgan fingerprint density at radius 1 is 1.25 bits per heavy atom. The highest BCUT2D eigenvalue weighted by molar-refractivity contribution is 5.81. The van der Waals surface area contributed by atoms with E-state index < -0.39 is 0 Å². The fraction of sp³-hybridized carbons (Fsp3) is 0.933. The zero-order valence-electron chi connectivity index (χ0n) is 12.6. The van der Waals surface area contributed by atoms with E-state index in [-0.39, 0.29) is 24.1 Å². The second kappa shape index (κ2) is 7.38. The van der Waals surface area contributed by atoms with Gasteiger partial charge in [-0.25, -0.2) is 0 Å². The number of ether oxygens (including phenoxy) is 1. The van der Waals surface area contributed by atoms with Gasteiger partial charge in [-0.3, -0.25) is 10.1 Å². The molecule has 2 aliphatic heterocycles. The Kier molecular flexibility index (Phi) is 5.81. The molecule has 0 spiro atoms. The van der Waals surface area contributed by atoms with Crippen LogP contribution in [-0.4, -0.2) is 60.4 Å². The summed E-state index contributed by atoms with van der Waals surface area (Å²) in [6, 6.07) is -0.238.